The highest BCUT2D eigenvalue weighted by Gasteiger charge is 2.28. The third kappa shape index (κ3) is 2.26. The Morgan fingerprint density at radius 3 is 3.18 bits per heavy atom. The number of aromatic nitrogens is 1. The lowest BCUT2D eigenvalue weighted by molar-refractivity contribution is 0.194. The summed E-state index contributed by atoms with van der Waals surface area (Å²) < 4.78 is 5.47. The Morgan fingerprint density at radius 2 is 2.41 bits per heavy atom. The maximum atomic E-state index is 5.47. The zero-order valence-corrected chi connectivity index (χ0v) is 11.2. The van der Waals surface area contributed by atoms with Crippen molar-refractivity contribution in [3.63, 3.8) is 0 Å². The minimum Gasteiger partial charge on any atom is -0.381 e. The minimum atomic E-state index is 0.570. The number of nitrogens with zero attached hydrogens (tertiary/aromatic N) is 1. The predicted molar refractivity (Wildman–Crippen MR) is 69.9 cm³/mol. The van der Waals surface area contributed by atoms with E-state index in [0.29, 0.717) is 11.8 Å². The van der Waals surface area contributed by atoms with Crippen LogP contribution >= 0.6 is 11.3 Å². The molecule has 2 unspecified atom stereocenters. The largest absolute Gasteiger partial charge is 0.381 e. The van der Waals surface area contributed by atoms with Gasteiger partial charge in [0, 0.05) is 29.9 Å². The number of likely N-dealkylation sites (N-methyl/N-ethyl adjacent to an activating group) is 1. The quantitative estimate of drug-likeness (QED) is 0.896. The van der Waals surface area contributed by atoms with Gasteiger partial charge in [0.05, 0.1) is 17.3 Å². The molecule has 0 amide bonds. The van der Waals surface area contributed by atoms with Gasteiger partial charge in [0.1, 0.15) is 0 Å². The summed E-state index contributed by atoms with van der Waals surface area (Å²) in [5.41, 5.74) is 1.39. The number of ether oxygens (including phenoxy) is 1. The molecule has 3 nitrogen and oxygen atoms in total. The van der Waals surface area contributed by atoms with Gasteiger partial charge >= 0.3 is 0 Å². The normalized spacial score (nSPS) is 28.3. The zero-order chi connectivity index (χ0) is 11.7. The fraction of sp³-hybridized carbons (Fsp3) is 0.769. The molecule has 2 atom stereocenters. The first-order valence-electron chi connectivity index (χ1n) is 6.60. The van der Waals surface area contributed by atoms with Crippen LogP contribution in [0.1, 0.15) is 46.7 Å². The van der Waals surface area contributed by atoms with Gasteiger partial charge in [-0.15, -0.1) is 11.3 Å². The number of nitrogens with one attached hydrogen (secondary N) is 1. The molecule has 0 bridgehead atoms. The van der Waals surface area contributed by atoms with Crippen molar-refractivity contribution in [1.29, 1.82) is 0 Å². The Hall–Kier alpha value is -0.450. The van der Waals surface area contributed by atoms with Crippen LogP contribution in [-0.2, 0) is 11.2 Å². The second kappa shape index (κ2) is 5.04. The Balaban J connectivity index is 1.84. The highest BCUT2D eigenvalue weighted by molar-refractivity contribution is 7.11. The van der Waals surface area contributed by atoms with Crippen LogP contribution in [-0.4, -0.2) is 31.8 Å². The molecule has 1 N–H and O–H groups in total. The van der Waals surface area contributed by atoms with E-state index >= 15 is 0 Å². The fourth-order valence-electron chi connectivity index (χ4n) is 2.88. The first-order chi connectivity index (χ1) is 8.38. The monoisotopic (exact) mass is 252 g/mol. The Kier molecular flexibility index (Phi) is 3.45. The number of aryl methyl sites for hydroxylation is 1. The van der Waals surface area contributed by atoms with Gasteiger partial charge < -0.3 is 10.1 Å². The molecule has 1 fully saturated rings. The zero-order valence-electron chi connectivity index (χ0n) is 10.4. The summed E-state index contributed by atoms with van der Waals surface area (Å²) in [6.45, 7) is 2.86. The third-order valence-corrected chi connectivity index (χ3v) is 5.11. The van der Waals surface area contributed by atoms with Crippen molar-refractivity contribution in [2.24, 2.45) is 0 Å². The smallest absolute Gasteiger partial charge is 0.0986 e. The molecular formula is C13H20N2OS. The lowest BCUT2D eigenvalue weighted by atomic mass is 9.91. The lowest BCUT2D eigenvalue weighted by Crippen LogP contribution is -2.21. The highest BCUT2D eigenvalue weighted by atomic mass is 32.1. The predicted octanol–water partition coefficient (Wildman–Crippen LogP) is 2.29. The third-order valence-electron chi connectivity index (χ3n) is 3.82. The van der Waals surface area contributed by atoms with Crippen molar-refractivity contribution < 1.29 is 4.74 Å². The van der Waals surface area contributed by atoms with E-state index in [2.05, 4.69) is 5.32 Å². The maximum absolute atomic E-state index is 5.47. The average Bonchev–Trinajstić information content (AvgIpc) is 2.98. The lowest BCUT2D eigenvalue weighted by Gasteiger charge is -2.20. The molecular weight excluding hydrogens is 232 g/mol. The summed E-state index contributed by atoms with van der Waals surface area (Å²) in [5.74, 6) is 1.21. The average molecular weight is 252 g/mol. The molecule has 0 aromatic carbocycles. The Bertz CT molecular complexity index is 385. The Labute approximate surface area is 107 Å². The fourth-order valence-corrected chi connectivity index (χ4v) is 4.19. The van der Waals surface area contributed by atoms with Crippen LogP contribution < -0.4 is 5.32 Å². The summed E-state index contributed by atoms with van der Waals surface area (Å²) >= 11 is 1.94. The van der Waals surface area contributed by atoms with E-state index < -0.39 is 0 Å². The van der Waals surface area contributed by atoms with Crippen LogP contribution in [0.4, 0.5) is 0 Å². The van der Waals surface area contributed by atoms with Gasteiger partial charge in [0.2, 0.25) is 0 Å². The summed E-state index contributed by atoms with van der Waals surface area (Å²) in [6.07, 6.45) is 5.00. The van der Waals surface area contributed by atoms with E-state index in [1.807, 2.05) is 18.4 Å². The second-order valence-corrected chi connectivity index (χ2v) is 6.18. The minimum absolute atomic E-state index is 0.570. The summed E-state index contributed by atoms with van der Waals surface area (Å²) in [5, 5.41) is 4.63. The number of thiazole rings is 1. The SMILES string of the molecule is CNCC1CCCc2sc(C3CCOC3)nc21. The van der Waals surface area contributed by atoms with Crippen LogP contribution in [0.2, 0.25) is 0 Å². The van der Waals surface area contributed by atoms with E-state index in [1.165, 1.54) is 30.0 Å². The Morgan fingerprint density at radius 1 is 1.47 bits per heavy atom. The number of hydrogen-bond donors (Lipinski definition) is 1. The van der Waals surface area contributed by atoms with E-state index in [9.17, 15) is 0 Å². The van der Waals surface area contributed by atoms with E-state index in [1.54, 1.807) is 4.88 Å². The van der Waals surface area contributed by atoms with Crippen molar-refractivity contribution in [3.8, 4) is 0 Å². The second-order valence-electron chi connectivity index (χ2n) is 5.07. The first kappa shape index (κ1) is 11.6. The number of fused-ring (bicyclic) bond motifs is 1. The van der Waals surface area contributed by atoms with Gasteiger partial charge in [-0.2, -0.15) is 0 Å². The molecule has 1 aromatic heterocycles. The van der Waals surface area contributed by atoms with E-state index in [0.717, 1.165) is 26.2 Å². The highest BCUT2D eigenvalue weighted by Crippen LogP contribution is 2.38. The van der Waals surface area contributed by atoms with E-state index in [4.69, 9.17) is 9.72 Å². The maximum Gasteiger partial charge on any atom is 0.0986 e. The molecule has 1 aliphatic heterocycles. The standard InChI is InChI=1S/C13H20N2OS/c1-14-7-9-3-2-4-11-12(9)15-13(17-11)10-5-6-16-8-10/h9-10,14H,2-8H2,1H3. The molecule has 17 heavy (non-hydrogen) atoms. The molecule has 1 aromatic rings. The van der Waals surface area contributed by atoms with Gasteiger partial charge in [-0.1, -0.05) is 0 Å². The van der Waals surface area contributed by atoms with Crippen LogP contribution in [0.5, 0.6) is 0 Å². The summed E-state index contributed by atoms with van der Waals surface area (Å²) in [4.78, 5) is 6.47. The molecule has 0 radical (unpaired) electrons. The molecule has 94 valence electrons. The van der Waals surface area contributed by atoms with Crippen molar-refractivity contribution in [2.75, 3.05) is 26.8 Å². The first-order valence-corrected chi connectivity index (χ1v) is 7.42. The van der Waals surface area contributed by atoms with Gasteiger partial charge in [0.25, 0.3) is 0 Å². The molecule has 3 rings (SSSR count). The molecule has 0 saturated carbocycles. The molecule has 1 aliphatic carbocycles. The summed E-state index contributed by atoms with van der Waals surface area (Å²) in [7, 11) is 2.03. The van der Waals surface area contributed by atoms with Crippen molar-refractivity contribution in [2.45, 2.75) is 37.5 Å². The van der Waals surface area contributed by atoms with Gasteiger partial charge in [-0.25, -0.2) is 4.98 Å². The van der Waals surface area contributed by atoms with Crippen molar-refractivity contribution in [3.05, 3.63) is 15.6 Å². The van der Waals surface area contributed by atoms with E-state index in [-0.39, 0.29) is 0 Å². The van der Waals surface area contributed by atoms with Crippen LogP contribution in [0.15, 0.2) is 0 Å². The number of hydrogen-bond acceptors (Lipinski definition) is 4. The van der Waals surface area contributed by atoms with Crippen molar-refractivity contribution in [1.82, 2.24) is 10.3 Å². The summed E-state index contributed by atoms with van der Waals surface area (Å²) in [6, 6.07) is 0. The molecule has 0 spiro atoms. The van der Waals surface area contributed by atoms with Crippen LogP contribution in [0.3, 0.4) is 0 Å². The topological polar surface area (TPSA) is 34.1 Å². The van der Waals surface area contributed by atoms with Crippen LogP contribution in [0, 0.1) is 0 Å². The molecule has 1 saturated heterocycles. The van der Waals surface area contributed by atoms with Gasteiger partial charge in [-0.3, -0.25) is 0 Å². The van der Waals surface area contributed by atoms with Crippen LogP contribution in [0.25, 0.3) is 0 Å². The molecule has 4 heteroatoms. The van der Waals surface area contributed by atoms with Gasteiger partial charge in [-0.05, 0) is 32.7 Å². The molecule has 2 heterocycles. The van der Waals surface area contributed by atoms with Crippen molar-refractivity contribution >= 4 is 11.3 Å². The van der Waals surface area contributed by atoms with Gasteiger partial charge in [0.15, 0.2) is 0 Å². The number of rotatable bonds is 3. The molecule has 2 aliphatic rings.